The van der Waals surface area contributed by atoms with Gasteiger partial charge >= 0.3 is 84.9 Å². The minimum absolute atomic E-state index is 0.191. The molecule has 30 heteroatoms. The van der Waals surface area contributed by atoms with Gasteiger partial charge in [0.15, 0.2) is 0 Å². The number of carboxylic acid groups (broad SMARTS) is 10. The Bertz CT molecular complexity index is 1320. The van der Waals surface area contributed by atoms with Crippen LogP contribution in [0.2, 0.25) is 0 Å². The second kappa shape index (κ2) is 15.8. The molecule has 0 spiro atoms. The van der Waals surface area contributed by atoms with Gasteiger partial charge in [-0.1, -0.05) is 19.9 Å². The first-order chi connectivity index (χ1) is 22.8. The molecule has 1 atom stereocenters. The molecule has 0 radical (unpaired) electrons. The molecular weight excluding hydrogens is 720 g/mol. The van der Waals surface area contributed by atoms with Crippen molar-refractivity contribution in [1.82, 2.24) is 0 Å². The Hall–Kier alpha value is -7.56. The van der Waals surface area contributed by atoms with Crippen LogP contribution < -0.4 is 0 Å². The molecule has 0 amide bonds. The molecule has 0 aliphatic rings. The zero-order valence-corrected chi connectivity index (χ0v) is 23.8. The molecule has 0 heterocycles. The van der Waals surface area contributed by atoms with Gasteiger partial charge in [0.2, 0.25) is 5.60 Å². The van der Waals surface area contributed by atoms with Gasteiger partial charge in [0.25, 0.3) is 0 Å². The van der Waals surface area contributed by atoms with Crippen molar-refractivity contribution in [3.8, 4) is 0 Å². The minimum Gasteiger partial charge on any atom is -0.450 e. The van der Waals surface area contributed by atoms with Crippen LogP contribution in [0.25, 0.3) is 0 Å². The van der Waals surface area contributed by atoms with Gasteiger partial charge in [0.05, 0.1) is 0 Å². The Morgan fingerprint density at radius 3 is 0.880 bits per heavy atom. The van der Waals surface area contributed by atoms with Crippen LogP contribution in [0.4, 0.5) is 47.9 Å². The smallest absolute Gasteiger partial charge is 0.450 e. The number of ether oxygens (including phenoxy) is 10. The average Bonchev–Trinajstić information content (AvgIpc) is 2.88. The summed E-state index contributed by atoms with van der Waals surface area (Å²) in [5.41, 5.74) is -4.16. The minimum atomic E-state index is -6.08. The maximum atomic E-state index is 12.3. The second-order valence-corrected chi connectivity index (χ2v) is 7.93. The van der Waals surface area contributed by atoms with Crippen molar-refractivity contribution < 1.29 is 146 Å². The van der Waals surface area contributed by atoms with Crippen LogP contribution in [-0.2, 0) is 47.4 Å². The fraction of sp³-hybridized carbons (Fsp3) is 0.400. The normalized spacial score (nSPS) is 12.5. The Kier molecular flexibility index (Phi) is 13.4. The summed E-state index contributed by atoms with van der Waals surface area (Å²) >= 11 is 0. The molecule has 30 nitrogen and oxygen atoms in total. The molecule has 0 aromatic heterocycles. The summed E-state index contributed by atoms with van der Waals surface area (Å²) < 4.78 is 40.4. The highest BCUT2D eigenvalue weighted by molar-refractivity contribution is 5.70. The predicted molar refractivity (Wildman–Crippen MR) is 130 cm³/mol. The third-order valence-corrected chi connectivity index (χ3v) is 5.10. The molecule has 10 N–H and O–H groups in total. The number of carbonyl (C=O) groups is 10. The Labute approximate surface area is 270 Å². The quantitative estimate of drug-likeness (QED) is 0.0442. The highest BCUT2D eigenvalue weighted by atomic mass is 17.0. The van der Waals surface area contributed by atoms with Crippen LogP contribution in [-0.4, -0.2) is 142 Å². The third-order valence-electron chi connectivity index (χ3n) is 5.10. The summed E-state index contributed by atoms with van der Waals surface area (Å²) in [4.78, 5) is 121. The zero-order chi connectivity index (χ0) is 39.5. The van der Waals surface area contributed by atoms with Crippen molar-refractivity contribution in [3.05, 3.63) is 12.7 Å². The van der Waals surface area contributed by atoms with E-state index >= 15 is 0 Å². The van der Waals surface area contributed by atoms with Crippen molar-refractivity contribution in [1.29, 1.82) is 0 Å². The highest BCUT2D eigenvalue weighted by Crippen LogP contribution is 2.57. The van der Waals surface area contributed by atoms with Crippen LogP contribution in [0.15, 0.2) is 12.7 Å². The lowest BCUT2D eigenvalue weighted by molar-refractivity contribution is -0.538. The van der Waals surface area contributed by atoms with E-state index in [2.05, 4.69) is 53.9 Å². The second-order valence-electron chi connectivity index (χ2n) is 7.93. The fourth-order valence-corrected chi connectivity index (χ4v) is 4.03. The summed E-state index contributed by atoms with van der Waals surface area (Å²) in [6.07, 6.45) is -35.1. The van der Waals surface area contributed by atoms with Crippen LogP contribution in [0.3, 0.4) is 0 Å². The van der Waals surface area contributed by atoms with Crippen molar-refractivity contribution in [2.24, 2.45) is 0 Å². The van der Waals surface area contributed by atoms with E-state index in [9.17, 15) is 99.0 Å². The van der Waals surface area contributed by atoms with Crippen LogP contribution in [0, 0.1) is 0 Å². The Morgan fingerprint density at radius 2 is 0.660 bits per heavy atom. The summed E-state index contributed by atoms with van der Waals surface area (Å²) in [5.74, 6) is -23.4. The number of hydrogen-bond acceptors (Lipinski definition) is 20. The van der Waals surface area contributed by atoms with Gasteiger partial charge in [0.1, 0.15) is 0 Å². The van der Waals surface area contributed by atoms with Gasteiger partial charge in [-0.15, -0.1) is 0 Å². The van der Waals surface area contributed by atoms with E-state index < -0.39 is 103 Å². The van der Waals surface area contributed by atoms with Crippen LogP contribution in [0.5, 0.6) is 0 Å². The summed E-state index contributed by atoms with van der Waals surface area (Å²) in [5, 5.41) is 95.8. The largest absolute Gasteiger partial charge is 0.523 e. The molecular formula is C20H20O30. The first-order valence-electron chi connectivity index (χ1n) is 11.6. The average molecular weight is 740 g/mol. The molecule has 0 aliphatic carbocycles. The molecule has 0 fully saturated rings. The van der Waals surface area contributed by atoms with Gasteiger partial charge in [-0.25, -0.2) is 47.9 Å². The van der Waals surface area contributed by atoms with Crippen LogP contribution >= 0.6 is 0 Å². The van der Waals surface area contributed by atoms with Crippen molar-refractivity contribution in [3.63, 3.8) is 0 Å². The molecule has 0 aromatic rings. The molecule has 0 saturated heterocycles. The lowest BCUT2D eigenvalue weighted by Crippen LogP contribution is -2.87. The van der Waals surface area contributed by atoms with Gasteiger partial charge in [-0.3, -0.25) is 0 Å². The van der Waals surface area contributed by atoms with Crippen molar-refractivity contribution in [2.45, 2.75) is 48.7 Å². The van der Waals surface area contributed by atoms with E-state index in [0.29, 0.717) is 0 Å². The van der Waals surface area contributed by atoms with E-state index in [-0.39, 0.29) is 6.08 Å². The highest BCUT2D eigenvalue weighted by Gasteiger charge is 2.96. The summed E-state index contributed by atoms with van der Waals surface area (Å²) in [6.45, 7) is 3.87. The maximum absolute atomic E-state index is 12.3. The van der Waals surface area contributed by atoms with Gasteiger partial charge < -0.3 is 98.4 Å². The standard InChI is InChI=1S/C20H20O30/c1-3-5-16(4-2,41-6(21)22)17(42-7(23)24,43-8(25)26)18(44-9(27)28,45-10(29)30)19(46-11(31)32,47-12(33)34)20(48-13(35)36,49-14(37)38)50-15(39)40/h4H,2-3,5H2,1H3,(H,21,22)(H,23,24)(H,25,26)(H,27,28)(H,29,30)(H,31,32)(H,33,34)(H,35,36)(H,37,38)(H,39,40). The van der Waals surface area contributed by atoms with Gasteiger partial charge in [-0.2, -0.15) is 0 Å². The lowest BCUT2D eigenvalue weighted by atomic mass is 9.77. The van der Waals surface area contributed by atoms with Gasteiger partial charge in [0, 0.05) is 0 Å². The first kappa shape index (κ1) is 42.4. The SMILES string of the molecule is C=CC(CCC)(OC(=O)O)C(OC(=O)O)(OC(=O)O)C(OC(=O)O)(OC(=O)O)C(OC(=O)O)(OC(=O)O)C(OC(=O)O)(OC(=O)O)OC(=O)O. The molecule has 0 bridgehead atoms. The maximum Gasteiger partial charge on any atom is 0.523 e. The van der Waals surface area contributed by atoms with E-state index in [1.807, 2.05) is 0 Å². The van der Waals surface area contributed by atoms with E-state index in [4.69, 9.17) is 0 Å². The molecule has 0 aromatic carbocycles. The molecule has 0 rings (SSSR count). The van der Waals surface area contributed by atoms with E-state index in [1.165, 1.54) is 0 Å². The van der Waals surface area contributed by atoms with Crippen molar-refractivity contribution in [2.75, 3.05) is 0 Å². The zero-order valence-electron chi connectivity index (χ0n) is 23.8. The van der Waals surface area contributed by atoms with Crippen molar-refractivity contribution >= 4 is 61.6 Å². The molecule has 1 unspecified atom stereocenters. The lowest BCUT2D eigenvalue weighted by Gasteiger charge is -2.55. The molecule has 280 valence electrons. The third kappa shape index (κ3) is 8.62. The molecule has 50 heavy (non-hydrogen) atoms. The summed E-state index contributed by atoms with van der Waals surface area (Å²) in [6, 6.07) is 0. The number of hydrogen-bond donors (Lipinski definition) is 10. The Morgan fingerprint density at radius 1 is 0.420 bits per heavy atom. The molecule has 0 saturated carbocycles. The number of rotatable bonds is 17. The fourth-order valence-electron chi connectivity index (χ4n) is 4.03. The van der Waals surface area contributed by atoms with Gasteiger partial charge in [-0.05, 0) is 12.5 Å². The molecule has 0 aliphatic heterocycles. The monoisotopic (exact) mass is 740 g/mol. The first-order valence-corrected chi connectivity index (χ1v) is 11.6. The topological polar surface area (TPSA) is 465 Å². The summed E-state index contributed by atoms with van der Waals surface area (Å²) in [7, 11) is 0. The van der Waals surface area contributed by atoms with E-state index in [1.54, 1.807) is 0 Å². The van der Waals surface area contributed by atoms with Crippen LogP contribution in [0.1, 0.15) is 19.8 Å². The van der Waals surface area contributed by atoms with E-state index in [0.717, 1.165) is 6.92 Å². The predicted octanol–water partition coefficient (Wildman–Crippen LogP) is 2.40. The Balaban J connectivity index is 10.3.